The van der Waals surface area contributed by atoms with E-state index in [4.69, 9.17) is 0 Å². The van der Waals surface area contributed by atoms with Crippen LogP contribution in [0.25, 0.3) is 0 Å². The summed E-state index contributed by atoms with van der Waals surface area (Å²) < 4.78 is 37.8. The van der Waals surface area contributed by atoms with E-state index < -0.39 is 12.1 Å². The number of rotatable bonds is 6. The van der Waals surface area contributed by atoms with Crippen molar-refractivity contribution in [2.45, 2.75) is 38.9 Å². The zero-order valence-corrected chi connectivity index (χ0v) is 15.0. The molecule has 0 radical (unpaired) electrons. The van der Waals surface area contributed by atoms with E-state index in [9.17, 15) is 27.6 Å². The van der Waals surface area contributed by atoms with Crippen LogP contribution in [0.1, 0.15) is 31.7 Å². The lowest BCUT2D eigenvalue weighted by atomic mass is 10.1. The summed E-state index contributed by atoms with van der Waals surface area (Å²) in [7, 11) is 0. The molecule has 1 aliphatic rings. The number of amides is 3. The van der Waals surface area contributed by atoms with E-state index in [1.54, 1.807) is 18.2 Å². The molecule has 1 heterocycles. The van der Waals surface area contributed by atoms with Gasteiger partial charge in [0, 0.05) is 31.7 Å². The third-order valence-corrected chi connectivity index (χ3v) is 4.25. The summed E-state index contributed by atoms with van der Waals surface area (Å²) in [5.41, 5.74) is 0.860. The van der Waals surface area contributed by atoms with Crippen molar-refractivity contribution in [3.05, 3.63) is 29.8 Å². The number of halogens is 3. The van der Waals surface area contributed by atoms with Gasteiger partial charge in [-0.3, -0.25) is 14.4 Å². The lowest BCUT2D eigenvalue weighted by Gasteiger charge is -2.26. The largest absolute Gasteiger partial charge is 0.471 e. The molecule has 6 nitrogen and oxygen atoms in total. The summed E-state index contributed by atoms with van der Waals surface area (Å²) in [5.74, 6) is -2.33. The normalized spacial score (nSPS) is 14.8. The summed E-state index contributed by atoms with van der Waals surface area (Å²) in [5, 5.41) is 2.64. The first kappa shape index (κ1) is 20.7. The van der Waals surface area contributed by atoms with Gasteiger partial charge in [0.05, 0.1) is 6.54 Å². The van der Waals surface area contributed by atoms with Crippen molar-refractivity contribution in [3.63, 3.8) is 0 Å². The van der Waals surface area contributed by atoms with Gasteiger partial charge in [-0.2, -0.15) is 13.2 Å². The minimum Gasteiger partial charge on any atom is -0.333 e. The Bertz CT molecular complexity index is 707. The van der Waals surface area contributed by atoms with Crippen LogP contribution < -0.4 is 5.32 Å². The van der Waals surface area contributed by atoms with Crippen molar-refractivity contribution < 1.29 is 27.6 Å². The molecule has 1 N–H and O–H groups in total. The molecule has 2 rings (SSSR count). The monoisotopic (exact) mass is 385 g/mol. The number of nitrogens with one attached hydrogen (secondary N) is 1. The second kappa shape index (κ2) is 8.88. The minimum absolute atomic E-state index is 0.0588. The quantitative estimate of drug-likeness (QED) is 0.818. The molecule has 27 heavy (non-hydrogen) atoms. The summed E-state index contributed by atoms with van der Waals surface area (Å²) in [6.45, 7) is 1.63. The molecular formula is C18H22F3N3O3. The van der Waals surface area contributed by atoms with Crippen molar-refractivity contribution in [2.75, 3.05) is 25.0 Å². The van der Waals surface area contributed by atoms with Gasteiger partial charge in [0.2, 0.25) is 11.8 Å². The maximum atomic E-state index is 12.6. The third kappa shape index (κ3) is 5.97. The van der Waals surface area contributed by atoms with Crippen LogP contribution >= 0.6 is 0 Å². The number of piperidine rings is 1. The average Bonchev–Trinajstić information content (AvgIpc) is 2.60. The highest BCUT2D eigenvalue weighted by atomic mass is 19.4. The fourth-order valence-electron chi connectivity index (χ4n) is 2.88. The first-order valence-corrected chi connectivity index (χ1v) is 8.73. The summed E-state index contributed by atoms with van der Waals surface area (Å²) >= 11 is 0. The first-order valence-electron chi connectivity index (χ1n) is 8.73. The fourth-order valence-corrected chi connectivity index (χ4v) is 2.88. The van der Waals surface area contributed by atoms with Crippen LogP contribution in [0.5, 0.6) is 0 Å². The average molecular weight is 385 g/mol. The highest BCUT2D eigenvalue weighted by Crippen LogP contribution is 2.21. The first-order chi connectivity index (χ1) is 12.7. The number of hydrogen-bond donors (Lipinski definition) is 1. The van der Waals surface area contributed by atoms with Crippen LogP contribution in [0.4, 0.5) is 18.9 Å². The predicted molar refractivity (Wildman–Crippen MR) is 92.6 cm³/mol. The number of alkyl halides is 3. The highest BCUT2D eigenvalue weighted by Gasteiger charge is 2.41. The maximum Gasteiger partial charge on any atom is 0.471 e. The van der Waals surface area contributed by atoms with E-state index >= 15 is 0 Å². The Morgan fingerprint density at radius 1 is 1.26 bits per heavy atom. The van der Waals surface area contributed by atoms with Gasteiger partial charge in [-0.15, -0.1) is 0 Å². The van der Waals surface area contributed by atoms with E-state index in [-0.39, 0.29) is 31.4 Å². The van der Waals surface area contributed by atoms with Crippen LogP contribution in [-0.2, 0) is 20.9 Å². The van der Waals surface area contributed by atoms with E-state index in [1.165, 1.54) is 17.9 Å². The van der Waals surface area contributed by atoms with Crippen molar-refractivity contribution in [1.29, 1.82) is 0 Å². The molecule has 0 atom stereocenters. The van der Waals surface area contributed by atoms with Crippen molar-refractivity contribution >= 4 is 23.4 Å². The molecular weight excluding hydrogens is 363 g/mol. The van der Waals surface area contributed by atoms with Crippen molar-refractivity contribution in [2.24, 2.45) is 0 Å². The predicted octanol–water partition coefficient (Wildman–Crippen LogP) is 2.55. The van der Waals surface area contributed by atoms with Gasteiger partial charge in [-0.1, -0.05) is 12.1 Å². The molecule has 1 aliphatic heterocycles. The van der Waals surface area contributed by atoms with Crippen molar-refractivity contribution in [3.8, 4) is 0 Å². The smallest absolute Gasteiger partial charge is 0.333 e. The van der Waals surface area contributed by atoms with Gasteiger partial charge in [-0.25, -0.2) is 0 Å². The topological polar surface area (TPSA) is 69.7 Å². The maximum absolute atomic E-state index is 12.6. The zero-order chi connectivity index (χ0) is 20.0. The minimum atomic E-state index is -4.93. The molecule has 1 aromatic carbocycles. The number of benzene rings is 1. The second-order valence-electron chi connectivity index (χ2n) is 6.34. The van der Waals surface area contributed by atoms with Gasteiger partial charge in [0.15, 0.2) is 0 Å². The summed E-state index contributed by atoms with van der Waals surface area (Å²) in [4.78, 5) is 37.5. The molecule has 0 unspecified atom stereocenters. The van der Waals surface area contributed by atoms with Crippen LogP contribution in [0.2, 0.25) is 0 Å². The summed E-state index contributed by atoms with van der Waals surface area (Å²) in [6.07, 6.45) is -2.82. The van der Waals surface area contributed by atoms with Gasteiger partial charge < -0.3 is 15.1 Å². The Morgan fingerprint density at radius 2 is 2.00 bits per heavy atom. The Morgan fingerprint density at radius 3 is 2.63 bits per heavy atom. The molecule has 0 saturated carbocycles. The Balaban J connectivity index is 1.98. The van der Waals surface area contributed by atoms with Gasteiger partial charge >= 0.3 is 12.1 Å². The molecule has 1 fully saturated rings. The lowest BCUT2D eigenvalue weighted by molar-refractivity contribution is -0.185. The number of nitrogens with zero attached hydrogens (tertiary/aromatic N) is 2. The Hall–Kier alpha value is -2.58. The molecule has 1 saturated heterocycles. The zero-order valence-electron chi connectivity index (χ0n) is 15.0. The number of carbonyl (C=O) groups excluding carboxylic acids is 3. The highest BCUT2D eigenvalue weighted by molar-refractivity contribution is 5.94. The molecule has 0 spiro atoms. The molecule has 1 aromatic rings. The van der Waals surface area contributed by atoms with E-state index in [0.29, 0.717) is 29.1 Å². The summed E-state index contributed by atoms with van der Waals surface area (Å²) in [6, 6.07) is 6.28. The van der Waals surface area contributed by atoms with Crippen LogP contribution in [0, 0.1) is 0 Å². The van der Waals surface area contributed by atoms with Gasteiger partial charge in [0.1, 0.15) is 0 Å². The third-order valence-electron chi connectivity index (χ3n) is 4.25. The molecule has 148 valence electrons. The number of carbonyl (C=O) groups is 3. The number of hydrogen-bond acceptors (Lipinski definition) is 3. The van der Waals surface area contributed by atoms with Crippen LogP contribution in [0.3, 0.4) is 0 Å². The lowest BCUT2D eigenvalue weighted by Crippen LogP contribution is -2.41. The van der Waals surface area contributed by atoms with E-state index in [0.717, 1.165) is 12.8 Å². The second-order valence-corrected chi connectivity index (χ2v) is 6.34. The number of likely N-dealkylation sites (tertiary alicyclic amines) is 1. The molecule has 0 bridgehead atoms. The van der Waals surface area contributed by atoms with Crippen LogP contribution in [-0.4, -0.2) is 53.3 Å². The SMILES string of the molecule is CCN(Cc1cccc(NC(=O)CN2CCCCC2=O)c1)C(=O)C(F)(F)F. The molecule has 9 heteroatoms. The van der Waals surface area contributed by atoms with Gasteiger partial charge in [-0.05, 0) is 37.5 Å². The van der Waals surface area contributed by atoms with E-state index in [1.807, 2.05) is 0 Å². The number of anilines is 1. The van der Waals surface area contributed by atoms with Gasteiger partial charge in [0.25, 0.3) is 0 Å². The Labute approximate surface area is 155 Å². The van der Waals surface area contributed by atoms with Crippen LogP contribution in [0.15, 0.2) is 24.3 Å². The molecule has 3 amide bonds. The van der Waals surface area contributed by atoms with Crippen molar-refractivity contribution in [1.82, 2.24) is 9.80 Å². The molecule has 0 aliphatic carbocycles. The van der Waals surface area contributed by atoms with E-state index in [2.05, 4.69) is 5.32 Å². The fraction of sp³-hybridized carbons (Fsp3) is 0.500. The molecule has 0 aromatic heterocycles. The standard InChI is InChI=1S/C18H22F3N3O3/c1-2-23(17(27)18(19,20)21)11-13-6-5-7-14(10-13)22-15(25)12-24-9-4-3-8-16(24)26/h5-7,10H,2-4,8-9,11-12H2,1H3,(H,22,25). The Kier molecular flexibility index (Phi) is 6.81.